The molecule has 0 amide bonds. The van der Waals surface area contributed by atoms with E-state index in [1.165, 1.54) is 38.0 Å². The van der Waals surface area contributed by atoms with E-state index in [1.54, 1.807) is 0 Å². The van der Waals surface area contributed by atoms with Gasteiger partial charge >= 0.3 is 0 Å². The minimum atomic E-state index is 0.677. The fourth-order valence-corrected chi connectivity index (χ4v) is 2.75. The van der Waals surface area contributed by atoms with Crippen LogP contribution in [0.5, 0.6) is 0 Å². The summed E-state index contributed by atoms with van der Waals surface area (Å²) in [7, 11) is 0. The van der Waals surface area contributed by atoms with E-state index in [9.17, 15) is 0 Å². The van der Waals surface area contributed by atoms with Crippen LogP contribution in [0, 0.1) is 0 Å². The van der Waals surface area contributed by atoms with E-state index in [0.29, 0.717) is 6.04 Å². The highest BCUT2D eigenvalue weighted by molar-refractivity contribution is 4.99. The smallest absolute Gasteiger partial charge is 0.0948 e. The van der Waals surface area contributed by atoms with E-state index in [-0.39, 0.29) is 0 Å². The molecular weight excluding hydrogens is 212 g/mol. The molecule has 4 heteroatoms. The van der Waals surface area contributed by atoms with Crippen molar-refractivity contribution < 1.29 is 0 Å². The normalized spacial score (nSPS) is 25.6. The summed E-state index contributed by atoms with van der Waals surface area (Å²) < 4.78 is 2.21. The predicted octanol–water partition coefficient (Wildman–Crippen LogP) is 1.23. The molecule has 1 aliphatic carbocycles. The maximum absolute atomic E-state index is 4.20. The Morgan fingerprint density at radius 2 is 2.29 bits per heavy atom. The maximum atomic E-state index is 4.20. The Morgan fingerprint density at radius 1 is 1.41 bits per heavy atom. The quantitative estimate of drug-likeness (QED) is 0.832. The highest BCUT2D eigenvalue weighted by atomic mass is 15.2. The summed E-state index contributed by atoms with van der Waals surface area (Å²) in [6.07, 6.45) is 8.05. The minimum absolute atomic E-state index is 0.677. The molecule has 1 unspecified atom stereocenters. The van der Waals surface area contributed by atoms with Crippen molar-refractivity contribution in [1.29, 1.82) is 0 Å². The van der Waals surface area contributed by atoms with Crippen LogP contribution in [0.4, 0.5) is 0 Å². The van der Waals surface area contributed by atoms with E-state index in [2.05, 4.69) is 26.7 Å². The van der Waals surface area contributed by atoms with Gasteiger partial charge in [0.15, 0.2) is 0 Å². The average Bonchev–Trinajstić information content (AvgIpc) is 2.93. The molecule has 1 aromatic heterocycles. The number of nitrogens with one attached hydrogen (secondary N) is 1. The molecule has 1 atom stereocenters. The minimum Gasteiger partial charge on any atom is -0.334 e. The first-order valence-corrected chi connectivity index (χ1v) is 6.83. The molecule has 0 aromatic carbocycles. The predicted molar refractivity (Wildman–Crippen MR) is 67.7 cm³/mol. The Morgan fingerprint density at radius 3 is 3.06 bits per heavy atom. The molecule has 1 aromatic rings. The molecule has 0 spiro atoms. The van der Waals surface area contributed by atoms with E-state index in [1.807, 2.05) is 12.5 Å². The summed E-state index contributed by atoms with van der Waals surface area (Å²) in [4.78, 5) is 6.85. The summed E-state index contributed by atoms with van der Waals surface area (Å²) in [6.45, 7) is 6.66. The molecule has 1 N–H and O–H groups in total. The van der Waals surface area contributed by atoms with Gasteiger partial charge in [0.1, 0.15) is 0 Å². The lowest BCUT2D eigenvalue weighted by atomic mass is 10.2. The standard InChI is InChI=1S/C13H22N4/c1-2-16-10-14-7-13(16)8-15-11-5-6-17(9-11)12-3-4-12/h7,10-12,15H,2-6,8-9H2,1H3. The molecular formula is C13H22N4. The molecule has 2 heterocycles. The van der Waals surface area contributed by atoms with Gasteiger partial charge in [-0.2, -0.15) is 0 Å². The molecule has 4 nitrogen and oxygen atoms in total. The molecule has 2 aliphatic rings. The first-order valence-electron chi connectivity index (χ1n) is 6.83. The van der Waals surface area contributed by atoms with Crippen molar-refractivity contribution in [2.75, 3.05) is 13.1 Å². The summed E-state index contributed by atoms with van der Waals surface area (Å²) in [5.74, 6) is 0. The van der Waals surface area contributed by atoms with Gasteiger partial charge in [0.05, 0.1) is 12.0 Å². The van der Waals surface area contributed by atoms with Gasteiger partial charge < -0.3 is 9.88 Å². The molecule has 0 radical (unpaired) electrons. The number of nitrogens with zero attached hydrogens (tertiary/aromatic N) is 3. The van der Waals surface area contributed by atoms with E-state index < -0.39 is 0 Å². The molecule has 1 saturated carbocycles. The molecule has 1 saturated heterocycles. The molecule has 2 fully saturated rings. The van der Waals surface area contributed by atoms with Gasteiger partial charge in [-0.25, -0.2) is 4.98 Å². The lowest BCUT2D eigenvalue weighted by Gasteiger charge is -2.16. The van der Waals surface area contributed by atoms with Gasteiger partial charge in [0, 0.05) is 44.5 Å². The van der Waals surface area contributed by atoms with Crippen LogP contribution in [-0.4, -0.2) is 39.6 Å². The van der Waals surface area contributed by atoms with Gasteiger partial charge in [-0.15, -0.1) is 0 Å². The third-order valence-electron chi connectivity index (χ3n) is 3.99. The monoisotopic (exact) mass is 234 g/mol. The zero-order valence-corrected chi connectivity index (χ0v) is 10.6. The fraction of sp³-hybridized carbons (Fsp3) is 0.769. The van der Waals surface area contributed by atoms with E-state index in [0.717, 1.165) is 19.1 Å². The summed E-state index contributed by atoms with van der Waals surface area (Å²) in [5, 5.41) is 3.67. The molecule has 17 heavy (non-hydrogen) atoms. The van der Waals surface area contributed by atoms with Crippen molar-refractivity contribution in [2.45, 2.75) is 51.4 Å². The first-order chi connectivity index (χ1) is 8.36. The van der Waals surface area contributed by atoms with Crippen molar-refractivity contribution in [1.82, 2.24) is 19.8 Å². The van der Waals surface area contributed by atoms with Crippen molar-refractivity contribution in [3.05, 3.63) is 18.2 Å². The fourth-order valence-electron chi connectivity index (χ4n) is 2.75. The Bertz CT molecular complexity index is 369. The van der Waals surface area contributed by atoms with Crippen LogP contribution < -0.4 is 5.32 Å². The van der Waals surface area contributed by atoms with Crippen molar-refractivity contribution >= 4 is 0 Å². The number of hydrogen-bond acceptors (Lipinski definition) is 3. The number of rotatable bonds is 5. The molecule has 0 bridgehead atoms. The lowest BCUT2D eigenvalue weighted by Crippen LogP contribution is -2.33. The van der Waals surface area contributed by atoms with Crippen LogP contribution >= 0.6 is 0 Å². The Hall–Kier alpha value is -0.870. The maximum Gasteiger partial charge on any atom is 0.0948 e. The van der Waals surface area contributed by atoms with Crippen LogP contribution in [0.2, 0.25) is 0 Å². The highest BCUT2D eigenvalue weighted by Crippen LogP contribution is 2.29. The molecule has 1 aliphatic heterocycles. The number of likely N-dealkylation sites (tertiary alicyclic amines) is 1. The van der Waals surface area contributed by atoms with Crippen LogP contribution in [0.25, 0.3) is 0 Å². The average molecular weight is 234 g/mol. The zero-order valence-electron chi connectivity index (χ0n) is 10.6. The van der Waals surface area contributed by atoms with Gasteiger partial charge in [-0.3, -0.25) is 4.90 Å². The highest BCUT2D eigenvalue weighted by Gasteiger charge is 2.34. The van der Waals surface area contributed by atoms with Crippen LogP contribution in [0.15, 0.2) is 12.5 Å². The Labute approximate surface area is 103 Å². The number of aromatic nitrogens is 2. The van der Waals surface area contributed by atoms with Crippen molar-refractivity contribution in [3.8, 4) is 0 Å². The number of imidazole rings is 1. The summed E-state index contributed by atoms with van der Waals surface area (Å²) in [6, 6.07) is 1.60. The number of aryl methyl sites for hydroxylation is 1. The van der Waals surface area contributed by atoms with Gasteiger partial charge in [-0.05, 0) is 26.2 Å². The molecule has 3 rings (SSSR count). The third kappa shape index (κ3) is 2.53. The second kappa shape index (κ2) is 4.78. The second-order valence-electron chi connectivity index (χ2n) is 5.26. The second-order valence-corrected chi connectivity index (χ2v) is 5.26. The van der Waals surface area contributed by atoms with E-state index >= 15 is 0 Å². The molecule has 94 valence electrons. The Balaban J connectivity index is 1.48. The first kappa shape index (κ1) is 11.2. The van der Waals surface area contributed by atoms with Crippen LogP contribution in [0.1, 0.15) is 31.9 Å². The number of hydrogen-bond donors (Lipinski definition) is 1. The van der Waals surface area contributed by atoms with Crippen LogP contribution in [0.3, 0.4) is 0 Å². The van der Waals surface area contributed by atoms with Gasteiger partial charge in [0.2, 0.25) is 0 Å². The SMILES string of the molecule is CCn1cncc1CNC1CCN(C2CC2)C1. The van der Waals surface area contributed by atoms with Gasteiger partial charge in [-0.1, -0.05) is 0 Å². The van der Waals surface area contributed by atoms with Gasteiger partial charge in [0.25, 0.3) is 0 Å². The topological polar surface area (TPSA) is 33.1 Å². The van der Waals surface area contributed by atoms with Crippen molar-refractivity contribution in [2.24, 2.45) is 0 Å². The summed E-state index contributed by atoms with van der Waals surface area (Å²) >= 11 is 0. The van der Waals surface area contributed by atoms with Crippen LogP contribution in [-0.2, 0) is 13.1 Å². The zero-order chi connectivity index (χ0) is 11.7. The Kier molecular flexibility index (Phi) is 3.16. The third-order valence-corrected chi connectivity index (χ3v) is 3.99. The largest absolute Gasteiger partial charge is 0.334 e. The van der Waals surface area contributed by atoms with E-state index in [4.69, 9.17) is 0 Å². The summed E-state index contributed by atoms with van der Waals surface area (Å²) in [5.41, 5.74) is 1.30. The lowest BCUT2D eigenvalue weighted by molar-refractivity contribution is 0.317. The van der Waals surface area contributed by atoms with Crippen molar-refractivity contribution in [3.63, 3.8) is 0 Å².